The average Bonchev–Trinajstić information content (AvgIpc) is 2.74. The number of carbonyl (C=O) groups is 1. The number of hydrogen-bond donors (Lipinski definition) is 0. The van der Waals surface area contributed by atoms with Crippen LogP contribution in [0.2, 0.25) is 0 Å². The minimum atomic E-state index is 0.0802. The van der Waals surface area contributed by atoms with Crippen molar-refractivity contribution in [2.75, 3.05) is 46.5 Å². The Hall–Kier alpha value is -2.73. The molecule has 27 heavy (non-hydrogen) atoms. The topological polar surface area (TPSA) is 51.2 Å². The fourth-order valence-electron chi connectivity index (χ4n) is 3.47. The highest BCUT2D eigenvalue weighted by atomic mass is 16.6. The maximum Gasteiger partial charge on any atom is 0.253 e. The summed E-state index contributed by atoms with van der Waals surface area (Å²) in [5, 5.41) is 0. The Morgan fingerprint density at radius 2 is 1.67 bits per heavy atom. The molecular weight excluding hydrogens is 344 g/mol. The molecule has 2 aliphatic heterocycles. The molecule has 2 aromatic carbocycles. The molecule has 2 heterocycles. The van der Waals surface area contributed by atoms with Crippen molar-refractivity contribution in [2.24, 2.45) is 0 Å². The summed E-state index contributed by atoms with van der Waals surface area (Å²) < 4.78 is 16.4. The number of piperazine rings is 1. The van der Waals surface area contributed by atoms with Crippen molar-refractivity contribution in [2.45, 2.75) is 6.54 Å². The summed E-state index contributed by atoms with van der Waals surface area (Å²) in [6, 6.07) is 13.4. The second-order valence-electron chi connectivity index (χ2n) is 6.77. The third kappa shape index (κ3) is 4.01. The van der Waals surface area contributed by atoms with Crippen LogP contribution in [0.4, 0.5) is 0 Å². The van der Waals surface area contributed by atoms with Gasteiger partial charge in [-0.15, -0.1) is 0 Å². The molecule has 0 radical (unpaired) electrons. The molecular formula is C21H24N2O4. The van der Waals surface area contributed by atoms with Gasteiger partial charge in [-0.05, 0) is 42.0 Å². The van der Waals surface area contributed by atoms with Crippen LogP contribution < -0.4 is 14.2 Å². The lowest BCUT2D eigenvalue weighted by atomic mass is 10.1. The third-order valence-electron chi connectivity index (χ3n) is 5.01. The van der Waals surface area contributed by atoms with Crippen LogP contribution >= 0.6 is 0 Å². The minimum Gasteiger partial charge on any atom is -0.497 e. The number of fused-ring (bicyclic) bond motifs is 1. The first-order chi connectivity index (χ1) is 13.2. The monoisotopic (exact) mass is 368 g/mol. The van der Waals surface area contributed by atoms with Crippen molar-refractivity contribution in [3.05, 3.63) is 53.6 Å². The lowest BCUT2D eigenvalue weighted by Crippen LogP contribution is -2.48. The largest absolute Gasteiger partial charge is 0.497 e. The van der Waals surface area contributed by atoms with E-state index in [1.807, 2.05) is 35.2 Å². The van der Waals surface area contributed by atoms with Crippen molar-refractivity contribution in [3.63, 3.8) is 0 Å². The normalized spacial score (nSPS) is 16.9. The first-order valence-corrected chi connectivity index (χ1v) is 9.27. The summed E-state index contributed by atoms with van der Waals surface area (Å²) in [4.78, 5) is 16.9. The molecule has 0 aliphatic carbocycles. The molecule has 0 atom stereocenters. The number of carbonyl (C=O) groups excluding carboxylic acids is 1. The molecule has 1 amide bonds. The van der Waals surface area contributed by atoms with Crippen LogP contribution in [0, 0.1) is 0 Å². The van der Waals surface area contributed by atoms with Crippen molar-refractivity contribution >= 4 is 5.91 Å². The van der Waals surface area contributed by atoms with Crippen molar-refractivity contribution in [1.29, 1.82) is 0 Å². The first-order valence-electron chi connectivity index (χ1n) is 9.27. The highest BCUT2D eigenvalue weighted by molar-refractivity contribution is 5.94. The molecule has 1 saturated heterocycles. The molecule has 0 bridgehead atoms. The second-order valence-corrected chi connectivity index (χ2v) is 6.77. The molecule has 0 N–H and O–H groups in total. The molecule has 142 valence electrons. The lowest BCUT2D eigenvalue weighted by molar-refractivity contribution is 0.0628. The first kappa shape index (κ1) is 17.7. The van der Waals surface area contributed by atoms with Crippen molar-refractivity contribution < 1.29 is 19.0 Å². The van der Waals surface area contributed by atoms with Gasteiger partial charge in [-0.1, -0.05) is 6.07 Å². The van der Waals surface area contributed by atoms with Gasteiger partial charge in [0.25, 0.3) is 5.91 Å². The predicted molar refractivity (Wildman–Crippen MR) is 102 cm³/mol. The predicted octanol–water partition coefficient (Wildman–Crippen LogP) is 2.42. The SMILES string of the molecule is COc1ccc(C(=O)N2CCN(Cc3ccc4c(c3)OCCO4)CC2)cc1. The molecule has 1 fully saturated rings. The van der Waals surface area contributed by atoms with Crippen molar-refractivity contribution in [3.8, 4) is 17.2 Å². The number of hydrogen-bond acceptors (Lipinski definition) is 5. The van der Waals surface area contributed by atoms with E-state index in [9.17, 15) is 4.79 Å². The summed E-state index contributed by atoms with van der Waals surface area (Å²) >= 11 is 0. The Labute approximate surface area is 159 Å². The summed E-state index contributed by atoms with van der Waals surface area (Å²) in [5.74, 6) is 2.49. The summed E-state index contributed by atoms with van der Waals surface area (Å²) in [7, 11) is 1.62. The van der Waals surface area contributed by atoms with E-state index in [0.29, 0.717) is 18.8 Å². The molecule has 2 aromatic rings. The van der Waals surface area contributed by atoms with Crippen molar-refractivity contribution in [1.82, 2.24) is 9.80 Å². The summed E-state index contributed by atoms with van der Waals surface area (Å²) in [6.45, 7) is 5.23. The van der Waals surface area contributed by atoms with Crippen LogP contribution in [-0.2, 0) is 6.54 Å². The van der Waals surface area contributed by atoms with E-state index in [2.05, 4.69) is 17.0 Å². The van der Waals surface area contributed by atoms with Gasteiger partial charge in [0.15, 0.2) is 11.5 Å². The smallest absolute Gasteiger partial charge is 0.253 e. The van der Waals surface area contributed by atoms with E-state index in [-0.39, 0.29) is 5.91 Å². The van der Waals surface area contributed by atoms with Crippen LogP contribution in [-0.4, -0.2) is 62.2 Å². The van der Waals surface area contributed by atoms with Gasteiger partial charge in [0.2, 0.25) is 0 Å². The van der Waals surface area contributed by atoms with Crippen LogP contribution in [0.25, 0.3) is 0 Å². The van der Waals surface area contributed by atoms with Crippen LogP contribution in [0.3, 0.4) is 0 Å². The highest BCUT2D eigenvalue weighted by Crippen LogP contribution is 2.31. The Morgan fingerprint density at radius 3 is 2.37 bits per heavy atom. The van der Waals surface area contributed by atoms with E-state index in [0.717, 1.165) is 50.0 Å². The zero-order valence-corrected chi connectivity index (χ0v) is 15.5. The zero-order chi connectivity index (χ0) is 18.6. The molecule has 0 aromatic heterocycles. The number of benzene rings is 2. The molecule has 4 rings (SSSR count). The average molecular weight is 368 g/mol. The van der Waals surface area contributed by atoms with E-state index >= 15 is 0 Å². The van der Waals surface area contributed by atoms with Gasteiger partial charge in [0, 0.05) is 38.3 Å². The number of amides is 1. The molecule has 0 spiro atoms. The van der Waals surface area contributed by atoms with E-state index in [4.69, 9.17) is 14.2 Å². The fraction of sp³-hybridized carbons (Fsp3) is 0.381. The van der Waals surface area contributed by atoms with Gasteiger partial charge < -0.3 is 19.1 Å². The zero-order valence-electron chi connectivity index (χ0n) is 15.5. The third-order valence-corrected chi connectivity index (χ3v) is 5.01. The number of methoxy groups -OCH3 is 1. The van der Waals surface area contributed by atoms with E-state index < -0.39 is 0 Å². The van der Waals surface area contributed by atoms with Crippen LogP contribution in [0.15, 0.2) is 42.5 Å². The molecule has 6 nitrogen and oxygen atoms in total. The van der Waals surface area contributed by atoms with Crippen LogP contribution in [0.5, 0.6) is 17.2 Å². The Balaban J connectivity index is 1.32. The Kier molecular flexibility index (Phi) is 5.16. The molecule has 0 saturated carbocycles. The maximum absolute atomic E-state index is 12.7. The Bertz CT molecular complexity index is 798. The second kappa shape index (κ2) is 7.88. The lowest BCUT2D eigenvalue weighted by Gasteiger charge is -2.35. The van der Waals surface area contributed by atoms with Gasteiger partial charge >= 0.3 is 0 Å². The van der Waals surface area contributed by atoms with Gasteiger partial charge in [0.05, 0.1) is 7.11 Å². The summed E-state index contributed by atoms with van der Waals surface area (Å²) in [5.41, 5.74) is 1.91. The standard InChI is InChI=1S/C21H24N2O4/c1-25-18-5-3-17(4-6-18)21(24)23-10-8-22(9-11-23)15-16-2-7-19-20(14-16)27-13-12-26-19/h2-7,14H,8-13,15H2,1H3. The Morgan fingerprint density at radius 1 is 0.963 bits per heavy atom. The number of nitrogens with zero attached hydrogens (tertiary/aromatic N) is 2. The summed E-state index contributed by atoms with van der Waals surface area (Å²) in [6.07, 6.45) is 0. The molecule has 2 aliphatic rings. The van der Waals surface area contributed by atoms with E-state index in [1.165, 1.54) is 5.56 Å². The van der Waals surface area contributed by atoms with Gasteiger partial charge in [-0.25, -0.2) is 0 Å². The number of ether oxygens (including phenoxy) is 3. The maximum atomic E-state index is 12.7. The van der Waals surface area contributed by atoms with Gasteiger partial charge in [-0.2, -0.15) is 0 Å². The highest BCUT2D eigenvalue weighted by Gasteiger charge is 2.22. The number of rotatable bonds is 4. The molecule has 0 unspecified atom stereocenters. The van der Waals surface area contributed by atoms with E-state index in [1.54, 1.807) is 7.11 Å². The fourth-order valence-corrected chi connectivity index (χ4v) is 3.47. The molecule has 6 heteroatoms. The van der Waals surface area contributed by atoms with Crippen LogP contribution in [0.1, 0.15) is 15.9 Å². The minimum absolute atomic E-state index is 0.0802. The van der Waals surface area contributed by atoms with Gasteiger partial charge in [0.1, 0.15) is 19.0 Å². The van der Waals surface area contributed by atoms with Gasteiger partial charge in [-0.3, -0.25) is 9.69 Å². The quantitative estimate of drug-likeness (QED) is 0.830.